The van der Waals surface area contributed by atoms with E-state index in [2.05, 4.69) is 37.8 Å². The molecule has 0 radical (unpaired) electrons. The van der Waals surface area contributed by atoms with Crippen LogP contribution in [0.1, 0.15) is 15.9 Å². The Bertz CT molecular complexity index is 1490. The predicted octanol–water partition coefficient (Wildman–Crippen LogP) is 4.69. The minimum Gasteiger partial charge on any atom is -0.378 e. The number of aromatic nitrogens is 4. The third-order valence-corrected chi connectivity index (χ3v) is 7.03. The van der Waals surface area contributed by atoms with E-state index in [0.717, 1.165) is 59.3 Å². The summed E-state index contributed by atoms with van der Waals surface area (Å²) in [6, 6.07) is 19.7. The number of carbonyl (C=O) groups is 1. The molecule has 3 aromatic heterocycles. The Morgan fingerprint density at radius 1 is 1.03 bits per heavy atom. The molecule has 36 heavy (non-hydrogen) atoms. The summed E-state index contributed by atoms with van der Waals surface area (Å²) >= 11 is 1.64. The van der Waals surface area contributed by atoms with Crippen molar-refractivity contribution >= 4 is 39.1 Å². The molecular formula is C27H24N6O2S. The number of rotatable bonds is 6. The molecule has 8 nitrogen and oxygen atoms in total. The number of hydrogen-bond acceptors (Lipinski definition) is 7. The third kappa shape index (κ3) is 4.71. The second kappa shape index (κ2) is 9.88. The van der Waals surface area contributed by atoms with Crippen molar-refractivity contribution in [3.8, 4) is 11.3 Å². The van der Waals surface area contributed by atoms with Crippen molar-refractivity contribution < 1.29 is 9.53 Å². The number of hydrogen-bond donors (Lipinski definition) is 1. The topological polar surface area (TPSA) is 85.2 Å². The van der Waals surface area contributed by atoms with E-state index in [9.17, 15) is 4.79 Å². The van der Waals surface area contributed by atoms with Gasteiger partial charge in [-0.1, -0.05) is 42.5 Å². The molecule has 5 aromatic rings. The molecule has 1 amide bonds. The Kier molecular flexibility index (Phi) is 6.15. The minimum absolute atomic E-state index is 0.212. The zero-order valence-corrected chi connectivity index (χ0v) is 20.3. The highest BCUT2D eigenvalue weighted by Gasteiger charge is 2.16. The van der Waals surface area contributed by atoms with Crippen molar-refractivity contribution in [1.82, 2.24) is 19.7 Å². The van der Waals surface area contributed by atoms with E-state index >= 15 is 0 Å². The summed E-state index contributed by atoms with van der Waals surface area (Å²) in [4.78, 5) is 24.4. The number of carbonyl (C=O) groups excluding carboxylic acids is 1. The molecule has 1 aliphatic heterocycles. The van der Waals surface area contributed by atoms with Gasteiger partial charge >= 0.3 is 0 Å². The smallest absolute Gasteiger partial charge is 0.257 e. The van der Waals surface area contributed by atoms with Gasteiger partial charge in [0.05, 0.1) is 37.2 Å². The Morgan fingerprint density at radius 3 is 2.64 bits per heavy atom. The van der Waals surface area contributed by atoms with Gasteiger partial charge in [-0.2, -0.15) is 5.10 Å². The summed E-state index contributed by atoms with van der Waals surface area (Å²) in [5, 5.41) is 11.3. The molecule has 0 bridgehead atoms. The summed E-state index contributed by atoms with van der Waals surface area (Å²) in [5.41, 5.74) is 5.04. The van der Waals surface area contributed by atoms with E-state index in [0.29, 0.717) is 17.8 Å². The summed E-state index contributed by atoms with van der Waals surface area (Å²) in [5.74, 6) is -0.212. The number of ether oxygens (including phenoxy) is 1. The van der Waals surface area contributed by atoms with Gasteiger partial charge in [0.1, 0.15) is 0 Å². The van der Waals surface area contributed by atoms with E-state index in [1.807, 2.05) is 53.2 Å². The third-order valence-electron chi connectivity index (χ3n) is 6.13. The Hall–Kier alpha value is -4.08. The van der Waals surface area contributed by atoms with Gasteiger partial charge in [0.2, 0.25) is 0 Å². The summed E-state index contributed by atoms with van der Waals surface area (Å²) < 4.78 is 7.27. The molecule has 0 unspecified atom stereocenters. The second-order valence-corrected chi connectivity index (χ2v) is 9.41. The lowest BCUT2D eigenvalue weighted by Crippen LogP contribution is -2.36. The van der Waals surface area contributed by atoms with Crippen molar-refractivity contribution in [2.75, 3.05) is 36.5 Å². The van der Waals surface area contributed by atoms with Crippen LogP contribution in [-0.2, 0) is 11.3 Å². The number of benzene rings is 2. The number of nitrogens with zero attached hydrogens (tertiary/aromatic N) is 5. The first-order valence-electron chi connectivity index (χ1n) is 11.8. The van der Waals surface area contributed by atoms with E-state index in [1.165, 1.54) is 0 Å². The van der Waals surface area contributed by atoms with Crippen LogP contribution in [0.2, 0.25) is 0 Å². The molecule has 1 aliphatic rings. The van der Waals surface area contributed by atoms with E-state index in [1.54, 1.807) is 23.7 Å². The molecule has 0 saturated carbocycles. The summed E-state index contributed by atoms with van der Waals surface area (Å²) in [6.07, 6.45) is 3.34. The first-order chi connectivity index (χ1) is 17.7. The maximum absolute atomic E-state index is 12.9. The SMILES string of the molecule is O=C(Nc1ccc(-c2csc(N3CCOCC3)n2)cc1)c1cnc2c(cnn2Cc2ccccc2)c1. The minimum atomic E-state index is -0.212. The van der Waals surface area contributed by atoms with Crippen LogP contribution in [0.5, 0.6) is 0 Å². The van der Waals surface area contributed by atoms with Crippen molar-refractivity contribution in [3.63, 3.8) is 0 Å². The first-order valence-corrected chi connectivity index (χ1v) is 12.7. The molecular weight excluding hydrogens is 472 g/mol. The zero-order chi connectivity index (χ0) is 24.3. The van der Waals surface area contributed by atoms with Crippen LogP contribution >= 0.6 is 11.3 Å². The average molecular weight is 497 g/mol. The lowest BCUT2D eigenvalue weighted by molar-refractivity contribution is 0.102. The van der Waals surface area contributed by atoms with E-state index in [4.69, 9.17) is 9.72 Å². The number of thiazole rings is 1. The molecule has 0 spiro atoms. The molecule has 1 saturated heterocycles. The highest BCUT2D eigenvalue weighted by molar-refractivity contribution is 7.14. The van der Waals surface area contributed by atoms with E-state index < -0.39 is 0 Å². The monoisotopic (exact) mass is 496 g/mol. The van der Waals surface area contributed by atoms with Gasteiger partial charge in [-0.05, 0) is 23.8 Å². The van der Waals surface area contributed by atoms with Crippen LogP contribution < -0.4 is 10.2 Å². The molecule has 1 fully saturated rings. The molecule has 9 heteroatoms. The standard InChI is InChI=1S/C27H24N6O2S/c34-26(22-14-21-16-29-33(25(21)28-15-22)17-19-4-2-1-3-5-19)30-23-8-6-20(7-9-23)24-18-36-27(31-24)32-10-12-35-13-11-32/h1-9,14-16,18H,10-13,17H2,(H,30,34). The van der Waals surface area contributed by atoms with Crippen LogP contribution in [-0.4, -0.2) is 52.0 Å². The molecule has 0 atom stereocenters. The highest BCUT2D eigenvalue weighted by Crippen LogP contribution is 2.29. The number of fused-ring (bicyclic) bond motifs is 1. The van der Waals surface area contributed by atoms with Crippen molar-refractivity contribution in [2.45, 2.75) is 6.54 Å². The van der Waals surface area contributed by atoms with Gasteiger partial charge in [0, 0.05) is 41.3 Å². The fourth-order valence-corrected chi connectivity index (χ4v) is 5.08. The van der Waals surface area contributed by atoms with Crippen LogP contribution in [0, 0.1) is 0 Å². The maximum Gasteiger partial charge on any atom is 0.257 e. The van der Waals surface area contributed by atoms with Gasteiger partial charge in [0.25, 0.3) is 5.91 Å². The number of amides is 1. The molecule has 1 N–H and O–H groups in total. The zero-order valence-electron chi connectivity index (χ0n) is 19.5. The largest absolute Gasteiger partial charge is 0.378 e. The number of anilines is 2. The summed E-state index contributed by atoms with van der Waals surface area (Å²) in [7, 11) is 0. The Labute approximate surface area is 212 Å². The van der Waals surface area contributed by atoms with Gasteiger partial charge in [0.15, 0.2) is 10.8 Å². The second-order valence-electron chi connectivity index (χ2n) is 8.57. The van der Waals surface area contributed by atoms with Gasteiger partial charge in [-0.15, -0.1) is 11.3 Å². The first kappa shape index (κ1) is 22.4. The van der Waals surface area contributed by atoms with Crippen molar-refractivity contribution in [3.05, 3.63) is 89.6 Å². The highest BCUT2D eigenvalue weighted by atomic mass is 32.1. The normalized spacial score (nSPS) is 13.7. The lowest BCUT2D eigenvalue weighted by Gasteiger charge is -2.26. The average Bonchev–Trinajstić information content (AvgIpc) is 3.58. The van der Waals surface area contributed by atoms with Crippen LogP contribution in [0.4, 0.5) is 10.8 Å². The van der Waals surface area contributed by atoms with Crippen LogP contribution in [0.3, 0.4) is 0 Å². The molecule has 0 aliphatic carbocycles. The quantitative estimate of drug-likeness (QED) is 0.367. The van der Waals surface area contributed by atoms with Gasteiger partial charge in [-0.3, -0.25) is 4.79 Å². The summed E-state index contributed by atoms with van der Waals surface area (Å²) in [6.45, 7) is 3.84. The Balaban J connectivity index is 1.13. The Morgan fingerprint density at radius 2 is 1.83 bits per heavy atom. The lowest BCUT2D eigenvalue weighted by atomic mass is 10.1. The molecule has 2 aromatic carbocycles. The predicted molar refractivity (Wildman–Crippen MR) is 142 cm³/mol. The van der Waals surface area contributed by atoms with Gasteiger partial charge in [-0.25, -0.2) is 14.6 Å². The number of nitrogens with one attached hydrogen (secondary N) is 1. The molecule has 4 heterocycles. The molecule has 6 rings (SSSR count). The van der Waals surface area contributed by atoms with Gasteiger partial charge < -0.3 is 15.0 Å². The molecule has 180 valence electrons. The van der Waals surface area contributed by atoms with Crippen LogP contribution in [0.15, 0.2) is 78.4 Å². The fraction of sp³-hybridized carbons (Fsp3) is 0.185. The fourth-order valence-electron chi connectivity index (χ4n) is 4.19. The van der Waals surface area contributed by atoms with Crippen molar-refractivity contribution in [1.29, 1.82) is 0 Å². The number of morpholine rings is 1. The van der Waals surface area contributed by atoms with Crippen LogP contribution in [0.25, 0.3) is 22.3 Å². The number of pyridine rings is 1. The van der Waals surface area contributed by atoms with E-state index in [-0.39, 0.29) is 5.91 Å². The van der Waals surface area contributed by atoms with Crippen molar-refractivity contribution in [2.24, 2.45) is 0 Å². The maximum atomic E-state index is 12.9.